The largest absolute Gasteiger partial charge is 0.493 e. The SMILES string of the molecule is CCCOc1ccc(C(=O)NNC(=O)CN2C(=O)c3ccccc3C2=O)cc1OC. The van der Waals surface area contributed by atoms with Crippen molar-refractivity contribution in [1.29, 1.82) is 0 Å². The highest BCUT2D eigenvalue weighted by atomic mass is 16.5. The number of carbonyl (C=O) groups excluding carboxylic acids is 4. The molecule has 9 heteroatoms. The fourth-order valence-electron chi connectivity index (χ4n) is 2.90. The number of hydrogen-bond donors (Lipinski definition) is 2. The standard InChI is InChI=1S/C21H21N3O6/c1-3-10-30-16-9-8-13(11-17(16)29-2)19(26)23-22-18(25)12-24-20(27)14-6-4-5-7-15(14)21(24)28/h4-9,11H,3,10,12H2,1-2H3,(H,22,25)(H,23,26). The molecule has 2 aromatic carbocycles. The first kappa shape index (κ1) is 20.8. The van der Waals surface area contributed by atoms with E-state index in [0.717, 1.165) is 11.3 Å². The van der Waals surface area contributed by atoms with E-state index >= 15 is 0 Å². The molecular weight excluding hydrogens is 390 g/mol. The third-order valence-corrected chi connectivity index (χ3v) is 4.38. The van der Waals surface area contributed by atoms with Crippen LogP contribution in [0, 0.1) is 0 Å². The second-order valence-corrected chi connectivity index (χ2v) is 6.46. The molecule has 156 valence electrons. The Morgan fingerprint density at radius 3 is 2.23 bits per heavy atom. The van der Waals surface area contributed by atoms with Gasteiger partial charge < -0.3 is 9.47 Å². The molecular formula is C21H21N3O6. The number of carbonyl (C=O) groups is 4. The molecule has 0 fully saturated rings. The number of amides is 4. The van der Waals surface area contributed by atoms with Gasteiger partial charge in [0.05, 0.1) is 24.8 Å². The van der Waals surface area contributed by atoms with E-state index in [-0.39, 0.29) is 16.7 Å². The summed E-state index contributed by atoms with van der Waals surface area (Å²) >= 11 is 0. The van der Waals surface area contributed by atoms with E-state index in [1.807, 2.05) is 6.92 Å². The van der Waals surface area contributed by atoms with Crippen molar-refractivity contribution >= 4 is 23.6 Å². The quantitative estimate of drug-likeness (QED) is 0.528. The summed E-state index contributed by atoms with van der Waals surface area (Å²) < 4.78 is 10.8. The predicted molar refractivity (Wildman–Crippen MR) is 106 cm³/mol. The lowest BCUT2D eigenvalue weighted by atomic mass is 10.1. The van der Waals surface area contributed by atoms with Crippen molar-refractivity contribution in [2.45, 2.75) is 13.3 Å². The van der Waals surface area contributed by atoms with Crippen molar-refractivity contribution in [3.05, 3.63) is 59.2 Å². The van der Waals surface area contributed by atoms with E-state index in [9.17, 15) is 19.2 Å². The van der Waals surface area contributed by atoms with E-state index in [1.54, 1.807) is 18.2 Å². The van der Waals surface area contributed by atoms with E-state index < -0.39 is 30.2 Å². The van der Waals surface area contributed by atoms with E-state index in [2.05, 4.69) is 10.9 Å². The summed E-state index contributed by atoms with van der Waals surface area (Å²) in [6.45, 7) is 1.97. The Kier molecular flexibility index (Phi) is 6.31. The minimum absolute atomic E-state index is 0.233. The average Bonchev–Trinajstić information content (AvgIpc) is 3.01. The van der Waals surface area contributed by atoms with Crippen molar-refractivity contribution < 1.29 is 28.7 Å². The van der Waals surface area contributed by atoms with Gasteiger partial charge in [0.25, 0.3) is 23.6 Å². The minimum atomic E-state index is -0.715. The molecule has 0 aromatic heterocycles. The van der Waals surface area contributed by atoms with Crippen LogP contribution in [0.1, 0.15) is 44.4 Å². The van der Waals surface area contributed by atoms with Crippen LogP contribution >= 0.6 is 0 Å². The topological polar surface area (TPSA) is 114 Å². The Balaban J connectivity index is 1.58. The van der Waals surface area contributed by atoms with E-state index in [4.69, 9.17) is 9.47 Å². The maximum Gasteiger partial charge on any atom is 0.269 e. The lowest BCUT2D eigenvalue weighted by Crippen LogP contribution is -2.47. The van der Waals surface area contributed by atoms with Crippen molar-refractivity contribution in [2.24, 2.45) is 0 Å². The number of methoxy groups -OCH3 is 1. The third-order valence-electron chi connectivity index (χ3n) is 4.38. The van der Waals surface area contributed by atoms with Crippen molar-refractivity contribution in [1.82, 2.24) is 15.8 Å². The fourth-order valence-corrected chi connectivity index (χ4v) is 2.90. The van der Waals surface area contributed by atoms with Crippen LogP contribution in [0.3, 0.4) is 0 Å². The smallest absolute Gasteiger partial charge is 0.269 e. The summed E-state index contributed by atoms with van der Waals surface area (Å²) in [5.74, 6) is -1.52. The van der Waals surface area contributed by atoms with Crippen molar-refractivity contribution in [3.63, 3.8) is 0 Å². The normalized spacial score (nSPS) is 12.4. The number of benzene rings is 2. The van der Waals surface area contributed by atoms with Crippen LogP contribution in [0.15, 0.2) is 42.5 Å². The number of rotatable bonds is 7. The molecule has 0 spiro atoms. The van der Waals surface area contributed by atoms with Gasteiger partial charge in [0, 0.05) is 5.56 Å². The van der Waals surface area contributed by atoms with Gasteiger partial charge >= 0.3 is 0 Å². The van der Waals surface area contributed by atoms with Crippen molar-refractivity contribution in [2.75, 3.05) is 20.3 Å². The van der Waals surface area contributed by atoms with Crippen LogP contribution < -0.4 is 20.3 Å². The molecule has 1 aliphatic rings. The molecule has 0 bridgehead atoms. The Morgan fingerprint density at radius 2 is 1.63 bits per heavy atom. The molecule has 1 aliphatic heterocycles. The number of imide groups is 1. The van der Waals surface area contributed by atoms with Crippen LogP contribution in [0.4, 0.5) is 0 Å². The fraction of sp³-hybridized carbons (Fsp3) is 0.238. The van der Waals surface area contributed by atoms with Gasteiger partial charge in [-0.3, -0.25) is 34.9 Å². The third kappa shape index (κ3) is 4.24. The van der Waals surface area contributed by atoms with E-state index in [0.29, 0.717) is 18.1 Å². The molecule has 9 nitrogen and oxygen atoms in total. The highest BCUT2D eigenvalue weighted by Gasteiger charge is 2.36. The summed E-state index contributed by atoms with van der Waals surface area (Å²) in [4.78, 5) is 49.9. The number of nitrogens with one attached hydrogen (secondary N) is 2. The van der Waals surface area contributed by atoms with Gasteiger partial charge in [-0.25, -0.2) is 0 Å². The molecule has 2 N–H and O–H groups in total. The summed E-state index contributed by atoms with van der Waals surface area (Å²) in [5.41, 5.74) is 5.19. The predicted octanol–water partition coefficient (Wildman–Crippen LogP) is 1.54. The van der Waals surface area contributed by atoms with Crippen molar-refractivity contribution in [3.8, 4) is 11.5 Å². The zero-order chi connectivity index (χ0) is 21.7. The molecule has 0 saturated carbocycles. The second kappa shape index (κ2) is 9.08. The Bertz CT molecular complexity index is 969. The summed E-state index contributed by atoms with van der Waals surface area (Å²) in [6, 6.07) is 10.9. The molecule has 1 heterocycles. The zero-order valence-electron chi connectivity index (χ0n) is 16.6. The van der Waals surface area contributed by atoms with Crippen LogP contribution in [-0.4, -0.2) is 48.8 Å². The number of fused-ring (bicyclic) bond motifs is 1. The molecule has 2 aromatic rings. The molecule has 4 amide bonds. The van der Waals surface area contributed by atoms with Gasteiger partial charge in [-0.1, -0.05) is 19.1 Å². The zero-order valence-corrected chi connectivity index (χ0v) is 16.6. The second-order valence-electron chi connectivity index (χ2n) is 6.46. The maximum absolute atomic E-state index is 12.3. The summed E-state index contributed by atoms with van der Waals surface area (Å²) in [5, 5.41) is 0. The lowest BCUT2D eigenvalue weighted by Gasteiger charge is -2.14. The Labute approximate surface area is 172 Å². The van der Waals surface area contributed by atoms with Gasteiger partial charge in [-0.2, -0.15) is 0 Å². The molecule has 3 rings (SSSR count). The van der Waals surface area contributed by atoms with Gasteiger partial charge in [0.15, 0.2) is 11.5 Å². The van der Waals surface area contributed by atoms with Gasteiger partial charge in [-0.05, 0) is 36.8 Å². The first-order chi connectivity index (χ1) is 14.5. The van der Waals surface area contributed by atoms with Crippen LogP contribution in [0.2, 0.25) is 0 Å². The van der Waals surface area contributed by atoms with Gasteiger partial charge in [-0.15, -0.1) is 0 Å². The maximum atomic E-state index is 12.3. The van der Waals surface area contributed by atoms with Gasteiger partial charge in [0.2, 0.25) is 0 Å². The monoisotopic (exact) mass is 411 g/mol. The minimum Gasteiger partial charge on any atom is -0.493 e. The first-order valence-corrected chi connectivity index (χ1v) is 9.31. The number of ether oxygens (including phenoxy) is 2. The lowest BCUT2D eigenvalue weighted by molar-refractivity contribution is -0.122. The first-order valence-electron chi connectivity index (χ1n) is 9.31. The van der Waals surface area contributed by atoms with Crippen LogP contribution in [0.5, 0.6) is 11.5 Å². The molecule has 0 saturated heterocycles. The average molecular weight is 411 g/mol. The molecule has 30 heavy (non-hydrogen) atoms. The highest BCUT2D eigenvalue weighted by molar-refractivity contribution is 6.22. The molecule has 0 unspecified atom stereocenters. The number of nitrogens with zero attached hydrogens (tertiary/aromatic N) is 1. The highest BCUT2D eigenvalue weighted by Crippen LogP contribution is 2.28. The molecule has 0 aliphatic carbocycles. The van der Waals surface area contributed by atoms with Crippen LogP contribution in [-0.2, 0) is 4.79 Å². The Hall–Kier alpha value is -3.88. The summed E-state index contributed by atoms with van der Waals surface area (Å²) in [7, 11) is 1.46. The Morgan fingerprint density at radius 1 is 0.967 bits per heavy atom. The van der Waals surface area contributed by atoms with Crippen LogP contribution in [0.25, 0.3) is 0 Å². The number of hydrogen-bond acceptors (Lipinski definition) is 6. The molecule has 0 radical (unpaired) electrons. The summed E-state index contributed by atoms with van der Waals surface area (Å²) in [6.07, 6.45) is 0.824. The van der Waals surface area contributed by atoms with Gasteiger partial charge in [0.1, 0.15) is 6.54 Å². The molecule has 0 atom stereocenters. The number of hydrazine groups is 1. The van der Waals surface area contributed by atoms with E-state index in [1.165, 1.54) is 31.4 Å².